The Morgan fingerprint density at radius 2 is 2.22 bits per heavy atom. The molecule has 0 spiro atoms. The van der Waals surface area contributed by atoms with Crippen LogP contribution < -0.4 is 0 Å². The number of aromatic nitrogens is 2. The van der Waals surface area contributed by atoms with Gasteiger partial charge < -0.3 is 9.30 Å². The highest BCUT2D eigenvalue weighted by Gasteiger charge is 2.16. The van der Waals surface area contributed by atoms with Crippen molar-refractivity contribution in [1.82, 2.24) is 9.55 Å². The highest BCUT2D eigenvalue weighted by Crippen LogP contribution is 2.27. The summed E-state index contributed by atoms with van der Waals surface area (Å²) < 4.78 is 7.38. The Morgan fingerprint density at radius 3 is 2.89 bits per heavy atom. The van der Waals surface area contributed by atoms with Gasteiger partial charge in [0.05, 0.1) is 23.2 Å². The molecule has 0 aliphatic heterocycles. The van der Waals surface area contributed by atoms with Crippen LogP contribution in [0.1, 0.15) is 18.8 Å². The summed E-state index contributed by atoms with van der Waals surface area (Å²) in [7, 11) is 1.70. The Kier molecular flexibility index (Phi) is 4.49. The first-order valence-electron chi connectivity index (χ1n) is 5.89. The van der Waals surface area contributed by atoms with Crippen LogP contribution in [0, 0.1) is 0 Å². The molecule has 0 bridgehead atoms. The molecule has 2 rings (SSSR count). The third kappa shape index (κ3) is 2.48. The summed E-state index contributed by atoms with van der Waals surface area (Å²) in [5, 5.41) is 0.673. The lowest BCUT2D eigenvalue weighted by atomic mass is 10.2. The van der Waals surface area contributed by atoms with Gasteiger partial charge in [0.25, 0.3) is 0 Å². The maximum atomic E-state index is 6.18. The maximum absolute atomic E-state index is 6.18. The molecule has 5 heteroatoms. The first kappa shape index (κ1) is 13.7. The lowest BCUT2D eigenvalue weighted by molar-refractivity contribution is 0.162. The fraction of sp³-hybridized carbons (Fsp3) is 0.462. The number of ether oxygens (including phenoxy) is 1. The number of nitrogens with zero attached hydrogens (tertiary/aromatic N) is 2. The fourth-order valence-corrected chi connectivity index (χ4v) is 2.58. The third-order valence-electron chi connectivity index (χ3n) is 2.91. The molecule has 1 aromatic carbocycles. The average Bonchev–Trinajstić information content (AvgIpc) is 2.70. The van der Waals surface area contributed by atoms with Gasteiger partial charge in [-0.2, -0.15) is 0 Å². The van der Waals surface area contributed by atoms with E-state index in [0.29, 0.717) is 17.5 Å². The predicted octanol–water partition coefficient (Wildman–Crippen LogP) is 3.68. The Morgan fingerprint density at radius 1 is 1.44 bits per heavy atom. The molecule has 1 heterocycles. The van der Waals surface area contributed by atoms with Crippen LogP contribution in [0.15, 0.2) is 18.2 Å². The van der Waals surface area contributed by atoms with Crippen molar-refractivity contribution in [1.29, 1.82) is 0 Å². The number of benzene rings is 1. The third-order valence-corrected chi connectivity index (χ3v) is 3.40. The van der Waals surface area contributed by atoms with Crippen LogP contribution in [-0.4, -0.2) is 29.1 Å². The molecule has 0 fully saturated rings. The van der Waals surface area contributed by atoms with Crippen molar-refractivity contribution in [3.05, 3.63) is 29.0 Å². The van der Waals surface area contributed by atoms with E-state index >= 15 is 0 Å². The van der Waals surface area contributed by atoms with Crippen LogP contribution in [0.25, 0.3) is 11.0 Å². The second-order valence-corrected chi connectivity index (χ2v) is 5.03. The molecule has 1 atom stereocenters. The summed E-state index contributed by atoms with van der Waals surface area (Å²) in [4.78, 5) is 4.60. The van der Waals surface area contributed by atoms with Crippen LogP contribution in [0.4, 0.5) is 0 Å². The first-order chi connectivity index (χ1) is 8.69. The number of aryl methyl sites for hydroxylation is 1. The maximum Gasteiger partial charge on any atom is 0.111 e. The molecule has 98 valence electrons. The molecule has 2 aromatic rings. The van der Waals surface area contributed by atoms with Crippen LogP contribution in [0.5, 0.6) is 0 Å². The van der Waals surface area contributed by atoms with E-state index in [4.69, 9.17) is 27.9 Å². The normalized spacial score (nSPS) is 13.1. The second kappa shape index (κ2) is 5.91. The van der Waals surface area contributed by atoms with E-state index < -0.39 is 0 Å². The zero-order chi connectivity index (χ0) is 13.1. The lowest BCUT2D eigenvalue weighted by Gasteiger charge is -2.16. The summed E-state index contributed by atoms with van der Waals surface area (Å²) in [5.74, 6) is 1.50. The van der Waals surface area contributed by atoms with Gasteiger partial charge in [-0.3, -0.25) is 0 Å². The van der Waals surface area contributed by atoms with Gasteiger partial charge in [0.15, 0.2) is 0 Å². The molecule has 3 nitrogen and oxygen atoms in total. The molecule has 0 saturated carbocycles. The monoisotopic (exact) mass is 286 g/mol. The van der Waals surface area contributed by atoms with E-state index in [1.54, 1.807) is 7.11 Å². The Labute approximate surface area is 117 Å². The highest BCUT2D eigenvalue weighted by molar-refractivity contribution is 6.34. The summed E-state index contributed by atoms with van der Waals surface area (Å²) in [6, 6.07) is 6.02. The molecule has 0 amide bonds. The minimum Gasteiger partial charge on any atom is -0.383 e. The van der Waals surface area contributed by atoms with E-state index in [2.05, 4.69) is 16.5 Å². The van der Waals surface area contributed by atoms with Gasteiger partial charge in [-0.15, -0.1) is 11.6 Å². The molecular weight excluding hydrogens is 271 g/mol. The number of alkyl halides is 1. The van der Waals surface area contributed by atoms with E-state index in [1.165, 1.54) is 0 Å². The molecule has 1 aromatic heterocycles. The number of halogens is 2. The van der Waals surface area contributed by atoms with Crippen molar-refractivity contribution >= 4 is 34.2 Å². The van der Waals surface area contributed by atoms with Crippen LogP contribution in [0.3, 0.4) is 0 Å². The average molecular weight is 287 g/mol. The van der Waals surface area contributed by atoms with Gasteiger partial charge in [0, 0.05) is 19.4 Å². The van der Waals surface area contributed by atoms with Crippen LogP contribution in [-0.2, 0) is 11.2 Å². The van der Waals surface area contributed by atoms with Crippen molar-refractivity contribution in [2.75, 3.05) is 19.6 Å². The fourth-order valence-electron chi connectivity index (χ4n) is 2.20. The van der Waals surface area contributed by atoms with Gasteiger partial charge in [0.2, 0.25) is 0 Å². The standard InChI is InChI=1S/C13H16Cl2N2O/c1-9(8-18-2)17-11-5-3-4-10(15)13(11)16-12(17)6-7-14/h3-5,9H,6-8H2,1-2H3. The number of imidazole rings is 1. The van der Waals surface area contributed by atoms with Gasteiger partial charge in [-0.05, 0) is 19.1 Å². The van der Waals surface area contributed by atoms with Gasteiger partial charge in [-0.25, -0.2) is 4.98 Å². The van der Waals surface area contributed by atoms with E-state index in [9.17, 15) is 0 Å². The molecule has 0 radical (unpaired) electrons. The van der Waals surface area contributed by atoms with Gasteiger partial charge in [0.1, 0.15) is 11.3 Å². The number of hydrogen-bond acceptors (Lipinski definition) is 2. The molecule has 0 saturated heterocycles. The smallest absolute Gasteiger partial charge is 0.111 e. The zero-order valence-electron chi connectivity index (χ0n) is 10.5. The minimum absolute atomic E-state index is 0.205. The highest BCUT2D eigenvalue weighted by atomic mass is 35.5. The number of para-hydroxylation sites is 1. The van der Waals surface area contributed by atoms with Crippen molar-refractivity contribution in [3.63, 3.8) is 0 Å². The van der Waals surface area contributed by atoms with Crippen LogP contribution in [0.2, 0.25) is 5.02 Å². The van der Waals surface area contributed by atoms with E-state index in [0.717, 1.165) is 23.3 Å². The van der Waals surface area contributed by atoms with Gasteiger partial charge >= 0.3 is 0 Å². The molecule has 0 aliphatic rings. The summed E-state index contributed by atoms with van der Waals surface area (Å²) in [5.41, 5.74) is 1.87. The molecular formula is C13H16Cl2N2O. The summed E-state index contributed by atoms with van der Waals surface area (Å²) >= 11 is 12.0. The summed E-state index contributed by atoms with van der Waals surface area (Å²) in [6.45, 7) is 2.73. The second-order valence-electron chi connectivity index (χ2n) is 4.25. The number of methoxy groups -OCH3 is 1. The number of fused-ring (bicyclic) bond motifs is 1. The largest absolute Gasteiger partial charge is 0.383 e. The first-order valence-corrected chi connectivity index (χ1v) is 6.80. The SMILES string of the molecule is COCC(C)n1c(CCCl)nc2c(Cl)cccc21. The van der Waals surface area contributed by atoms with Gasteiger partial charge in [-0.1, -0.05) is 17.7 Å². The lowest BCUT2D eigenvalue weighted by Crippen LogP contribution is -2.14. The Bertz CT molecular complexity index is 539. The quantitative estimate of drug-likeness (QED) is 0.784. The zero-order valence-corrected chi connectivity index (χ0v) is 12.0. The topological polar surface area (TPSA) is 27.1 Å². The molecule has 18 heavy (non-hydrogen) atoms. The molecule has 0 aliphatic carbocycles. The Balaban J connectivity index is 2.58. The number of hydrogen-bond donors (Lipinski definition) is 0. The summed E-state index contributed by atoms with van der Waals surface area (Å²) in [6.07, 6.45) is 0.723. The predicted molar refractivity (Wildman–Crippen MR) is 75.8 cm³/mol. The van der Waals surface area contributed by atoms with E-state index in [-0.39, 0.29) is 6.04 Å². The van der Waals surface area contributed by atoms with E-state index in [1.807, 2.05) is 18.2 Å². The molecule has 0 N–H and O–H groups in total. The number of rotatable bonds is 5. The molecule has 1 unspecified atom stereocenters. The van der Waals surface area contributed by atoms with Crippen LogP contribution >= 0.6 is 23.2 Å². The van der Waals surface area contributed by atoms with Crippen molar-refractivity contribution in [3.8, 4) is 0 Å². The van der Waals surface area contributed by atoms with Crippen molar-refractivity contribution < 1.29 is 4.74 Å². The minimum atomic E-state index is 0.205. The Hall–Kier alpha value is -0.770. The van der Waals surface area contributed by atoms with Crippen molar-refractivity contribution in [2.45, 2.75) is 19.4 Å². The van der Waals surface area contributed by atoms with Crippen molar-refractivity contribution in [2.24, 2.45) is 0 Å².